The van der Waals surface area contributed by atoms with Crippen LogP contribution in [0.15, 0.2) is 18.5 Å². The fourth-order valence-corrected chi connectivity index (χ4v) is 2.74. The lowest BCUT2D eigenvalue weighted by molar-refractivity contribution is -0.151. The summed E-state index contributed by atoms with van der Waals surface area (Å²) in [4.78, 5) is 17.4. The maximum absolute atomic E-state index is 13.1. The number of halogens is 1. The molecule has 1 unspecified atom stereocenters. The zero-order valence-corrected chi connectivity index (χ0v) is 11.3. The average molecular weight is 266 g/mol. The quantitative estimate of drug-likeness (QED) is 0.907. The highest BCUT2D eigenvalue weighted by Gasteiger charge is 2.47. The van der Waals surface area contributed by atoms with Gasteiger partial charge in [0.05, 0.1) is 11.6 Å². The lowest BCUT2D eigenvalue weighted by Gasteiger charge is -2.28. The number of nitrogens with zero attached hydrogens (tertiary/aromatic N) is 2. The molecule has 1 saturated heterocycles. The molecule has 5 heteroatoms. The van der Waals surface area contributed by atoms with E-state index >= 15 is 0 Å². The zero-order chi connectivity index (χ0) is 14.0. The third-order valence-electron chi connectivity index (χ3n) is 4.08. The molecule has 0 spiro atoms. The maximum atomic E-state index is 13.1. The molecule has 0 aromatic carbocycles. The number of carboxylic acids is 1. The second kappa shape index (κ2) is 5.25. The largest absolute Gasteiger partial charge is 0.481 e. The number of carbonyl (C=O) groups is 1. The van der Waals surface area contributed by atoms with E-state index in [2.05, 4.69) is 9.88 Å². The Morgan fingerprint density at radius 2 is 2.32 bits per heavy atom. The van der Waals surface area contributed by atoms with Crippen LogP contribution in [0.1, 0.15) is 25.8 Å². The molecule has 19 heavy (non-hydrogen) atoms. The molecular weight excluding hydrogens is 247 g/mol. The van der Waals surface area contributed by atoms with Gasteiger partial charge in [-0.3, -0.25) is 14.7 Å². The van der Waals surface area contributed by atoms with Crippen LogP contribution in [0.25, 0.3) is 0 Å². The van der Waals surface area contributed by atoms with Gasteiger partial charge in [-0.2, -0.15) is 0 Å². The summed E-state index contributed by atoms with van der Waals surface area (Å²) < 4.78 is 13.1. The van der Waals surface area contributed by atoms with Crippen molar-refractivity contribution in [1.82, 2.24) is 9.88 Å². The van der Waals surface area contributed by atoms with Gasteiger partial charge in [0.2, 0.25) is 0 Å². The number of pyridine rings is 1. The molecule has 0 bridgehead atoms. The predicted molar refractivity (Wildman–Crippen MR) is 69.0 cm³/mol. The smallest absolute Gasteiger partial charge is 0.311 e. The van der Waals surface area contributed by atoms with E-state index in [0.717, 1.165) is 12.1 Å². The van der Waals surface area contributed by atoms with Crippen LogP contribution in [0.2, 0.25) is 0 Å². The minimum Gasteiger partial charge on any atom is -0.481 e. The van der Waals surface area contributed by atoms with E-state index in [0.29, 0.717) is 19.5 Å². The summed E-state index contributed by atoms with van der Waals surface area (Å²) in [6.07, 6.45) is 3.44. The van der Waals surface area contributed by atoms with Gasteiger partial charge in [0.15, 0.2) is 0 Å². The minimum absolute atomic E-state index is 0.0839. The van der Waals surface area contributed by atoms with Crippen molar-refractivity contribution in [2.24, 2.45) is 11.3 Å². The topological polar surface area (TPSA) is 53.4 Å². The lowest BCUT2D eigenvalue weighted by Crippen LogP contribution is -2.39. The Hall–Kier alpha value is -1.49. The van der Waals surface area contributed by atoms with Gasteiger partial charge in [-0.15, -0.1) is 0 Å². The van der Waals surface area contributed by atoms with Gasteiger partial charge < -0.3 is 5.11 Å². The van der Waals surface area contributed by atoms with Crippen LogP contribution in [-0.2, 0) is 11.3 Å². The Bertz CT molecular complexity index is 478. The molecule has 1 fully saturated rings. The predicted octanol–water partition coefficient (Wildman–Crippen LogP) is 2.15. The molecular formula is C14H19FN2O2. The van der Waals surface area contributed by atoms with Gasteiger partial charge in [-0.05, 0) is 30.5 Å². The number of likely N-dealkylation sites (tertiary alicyclic amines) is 1. The first-order valence-electron chi connectivity index (χ1n) is 6.49. The summed E-state index contributed by atoms with van der Waals surface area (Å²) in [6, 6.07) is 1.45. The van der Waals surface area contributed by atoms with Gasteiger partial charge in [0, 0.05) is 19.3 Å². The van der Waals surface area contributed by atoms with E-state index in [-0.39, 0.29) is 11.7 Å². The zero-order valence-electron chi connectivity index (χ0n) is 11.3. The Morgan fingerprint density at radius 1 is 1.58 bits per heavy atom. The minimum atomic E-state index is -0.734. The highest BCUT2D eigenvalue weighted by atomic mass is 19.1. The molecule has 1 aromatic rings. The van der Waals surface area contributed by atoms with E-state index in [1.54, 1.807) is 6.20 Å². The fourth-order valence-electron chi connectivity index (χ4n) is 2.74. The van der Waals surface area contributed by atoms with Crippen LogP contribution < -0.4 is 0 Å². The second-order valence-corrected chi connectivity index (χ2v) is 5.59. The van der Waals surface area contributed by atoms with Crippen LogP contribution in [0.5, 0.6) is 0 Å². The molecule has 1 aliphatic rings. The fraction of sp³-hybridized carbons (Fsp3) is 0.571. The Morgan fingerprint density at radius 3 is 2.84 bits per heavy atom. The van der Waals surface area contributed by atoms with Gasteiger partial charge in [0.25, 0.3) is 0 Å². The van der Waals surface area contributed by atoms with Crippen LogP contribution in [0.3, 0.4) is 0 Å². The second-order valence-electron chi connectivity index (χ2n) is 5.59. The molecule has 104 valence electrons. The monoisotopic (exact) mass is 266 g/mol. The van der Waals surface area contributed by atoms with Crippen LogP contribution in [-0.4, -0.2) is 34.0 Å². The average Bonchev–Trinajstić information content (AvgIpc) is 2.74. The van der Waals surface area contributed by atoms with Gasteiger partial charge in [0.1, 0.15) is 5.82 Å². The molecule has 1 atom stereocenters. The van der Waals surface area contributed by atoms with Gasteiger partial charge in [-0.1, -0.05) is 13.8 Å². The first kappa shape index (κ1) is 13.9. The van der Waals surface area contributed by atoms with Crippen molar-refractivity contribution in [3.63, 3.8) is 0 Å². The summed E-state index contributed by atoms with van der Waals surface area (Å²) in [6.45, 7) is 5.67. The Kier molecular flexibility index (Phi) is 3.85. The molecule has 1 aromatic heterocycles. The standard InChI is InChI=1S/C14H19FN2O2/c1-10(2)14(13(18)19)3-4-17(9-14)8-11-5-12(15)7-16-6-11/h5-7,10H,3-4,8-9H2,1-2H3,(H,18,19). The first-order chi connectivity index (χ1) is 8.94. The number of aromatic nitrogens is 1. The summed E-state index contributed by atoms with van der Waals surface area (Å²) in [5.74, 6) is -1.01. The third kappa shape index (κ3) is 2.76. The van der Waals surface area contributed by atoms with E-state index in [4.69, 9.17) is 0 Å². The summed E-state index contributed by atoms with van der Waals surface area (Å²) in [5.41, 5.74) is 0.103. The first-order valence-corrected chi connectivity index (χ1v) is 6.49. The third-order valence-corrected chi connectivity index (χ3v) is 4.08. The number of hydrogen-bond acceptors (Lipinski definition) is 3. The van der Waals surface area contributed by atoms with Crippen molar-refractivity contribution in [3.05, 3.63) is 29.8 Å². The molecule has 0 radical (unpaired) electrons. The van der Waals surface area contributed by atoms with E-state index in [9.17, 15) is 14.3 Å². The van der Waals surface area contributed by atoms with E-state index in [1.165, 1.54) is 12.3 Å². The molecule has 2 heterocycles. The SMILES string of the molecule is CC(C)C1(C(=O)O)CCN(Cc2cncc(F)c2)C1. The van der Waals surface area contributed by atoms with Gasteiger partial charge in [-0.25, -0.2) is 4.39 Å². The number of rotatable bonds is 4. The normalized spacial score (nSPS) is 24.0. The molecule has 2 rings (SSSR count). The van der Waals surface area contributed by atoms with Crippen molar-refractivity contribution >= 4 is 5.97 Å². The lowest BCUT2D eigenvalue weighted by atomic mass is 9.76. The molecule has 0 aliphatic carbocycles. The molecule has 0 amide bonds. The Balaban J connectivity index is 2.08. The highest BCUT2D eigenvalue weighted by Crippen LogP contribution is 2.38. The maximum Gasteiger partial charge on any atom is 0.311 e. The van der Waals surface area contributed by atoms with Gasteiger partial charge >= 0.3 is 5.97 Å². The van der Waals surface area contributed by atoms with Crippen molar-refractivity contribution in [2.45, 2.75) is 26.8 Å². The van der Waals surface area contributed by atoms with Crippen LogP contribution in [0.4, 0.5) is 4.39 Å². The van der Waals surface area contributed by atoms with Crippen molar-refractivity contribution < 1.29 is 14.3 Å². The van der Waals surface area contributed by atoms with E-state index in [1.807, 2.05) is 13.8 Å². The summed E-state index contributed by atoms with van der Waals surface area (Å²) >= 11 is 0. The van der Waals surface area contributed by atoms with Crippen molar-refractivity contribution in [1.29, 1.82) is 0 Å². The molecule has 1 aliphatic heterocycles. The summed E-state index contributed by atoms with van der Waals surface area (Å²) in [7, 11) is 0. The molecule has 0 saturated carbocycles. The van der Waals surface area contributed by atoms with Crippen molar-refractivity contribution in [3.8, 4) is 0 Å². The van der Waals surface area contributed by atoms with Crippen molar-refractivity contribution in [2.75, 3.05) is 13.1 Å². The van der Waals surface area contributed by atoms with Crippen LogP contribution in [0, 0.1) is 17.2 Å². The molecule has 1 N–H and O–H groups in total. The number of hydrogen-bond donors (Lipinski definition) is 1. The van der Waals surface area contributed by atoms with Crippen LogP contribution >= 0.6 is 0 Å². The van der Waals surface area contributed by atoms with E-state index < -0.39 is 11.4 Å². The number of aliphatic carboxylic acids is 1. The Labute approximate surface area is 112 Å². The highest BCUT2D eigenvalue weighted by molar-refractivity contribution is 5.75. The molecule has 4 nitrogen and oxygen atoms in total. The number of carboxylic acid groups (broad SMARTS) is 1. The summed E-state index contributed by atoms with van der Waals surface area (Å²) in [5, 5.41) is 9.46.